The lowest BCUT2D eigenvalue weighted by Gasteiger charge is -2.45. The first-order valence-corrected chi connectivity index (χ1v) is 13.0. The van der Waals surface area contributed by atoms with Gasteiger partial charge in [-0.2, -0.15) is 0 Å². The van der Waals surface area contributed by atoms with E-state index >= 15 is 0 Å². The molecule has 4 heterocycles. The molecule has 1 aromatic heterocycles. The Labute approximate surface area is 210 Å². The van der Waals surface area contributed by atoms with Crippen LogP contribution in [-0.4, -0.2) is 85.1 Å². The minimum absolute atomic E-state index is 0.0167. The molecule has 8 nitrogen and oxygen atoms in total. The lowest BCUT2D eigenvalue weighted by molar-refractivity contribution is -0.119. The van der Waals surface area contributed by atoms with E-state index in [4.69, 9.17) is 21.1 Å². The Morgan fingerprint density at radius 2 is 2.00 bits per heavy atom. The number of amides is 1. The van der Waals surface area contributed by atoms with Gasteiger partial charge in [0.1, 0.15) is 5.82 Å². The van der Waals surface area contributed by atoms with E-state index < -0.39 is 6.10 Å². The summed E-state index contributed by atoms with van der Waals surface area (Å²) in [6, 6.07) is 5.97. The van der Waals surface area contributed by atoms with Crippen molar-refractivity contribution < 1.29 is 19.4 Å². The number of aliphatic hydroxyl groups is 1. The highest BCUT2D eigenvalue weighted by molar-refractivity contribution is 6.34. The Kier molecular flexibility index (Phi) is 5.92. The van der Waals surface area contributed by atoms with Gasteiger partial charge in [0.15, 0.2) is 0 Å². The Balaban J connectivity index is 1.15. The lowest BCUT2D eigenvalue weighted by Crippen LogP contribution is -2.60. The molecule has 1 aromatic carbocycles. The smallest absolute Gasteiger partial charge is 0.229 e. The maximum atomic E-state index is 12.9. The third-order valence-corrected chi connectivity index (χ3v) is 8.93. The summed E-state index contributed by atoms with van der Waals surface area (Å²) in [5.74, 6) is 0.629. The second-order valence-electron chi connectivity index (χ2n) is 10.8. The molecule has 0 bridgehead atoms. The molecular formula is C26H33ClN4O4. The first kappa shape index (κ1) is 23.4. The molecule has 35 heavy (non-hydrogen) atoms. The second-order valence-corrected chi connectivity index (χ2v) is 11.3. The summed E-state index contributed by atoms with van der Waals surface area (Å²) in [6.45, 7) is 7.82. The molecule has 2 N–H and O–H groups in total. The van der Waals surface area contributed by atoms with Crippen LogP contribution in [0.3, 0.4) is 0 Å². The number of fused-ring (bicyclic) bond motifs is 1. The monoisotopic (exact) mass is 500 g/mol. The molecule has 9 heteroatoms. The second kappa shape index (κ2) is 8.85. The molecule has 0 unspecified atom stereocenters. The Bertz CT molecular complexity index is 1130. The largest absolute Gasteiger partial charge is 0.389 e. The quantitative estimate of drug-likeness (QED) is 0.667. The number of halogens is 1. The SMILES string of the molecule is C[C@@]1(N2CCN(c3cc4cc(NC(=O)[C@H]5C[C@@]56CCCOC6)ncc4cc3Cl)CC2)COC[C@@H]1O. The van der Waals surface area contributed by atoms with Gasteiger partial charge in [-0.25, -0.2) is 4.98 Å². The molecule has 1 saturated carbocycles. The minimum Gasteiger partial charge on any atom is -0.389 e. The number of ether oxygens (including phenoxy) is 2. The number of rotatable bonds is 4. The normalized spacial score (nSPS) is 33.4. The van der Waals surface area contributed by atoms with Gasteiger partial charge in [0.05, 0.1) is 42.2 Å². The number of aromatic nitrogens is 1. The van der Waals surface area contributed by atoms with Crippen LogP contribution >= 0.6 is 11.6 Å². The van der Waals surface area contributed by atoms with E-state index in [-0.39, 0.29) is 22.8 Å². The van der Waals surface area contributed by atoms with E-state index in [2.05, 4.69) is 33.1 Å². The summed E-state index contributed by atoms with van der Waals surface area (Å²) in [6.07, 6.45) is 4.31. The number of carbonyl (C=O) groups is 1. The van der Waals surface area contributed by atoms with E-state index in [1.54, 1.807) is 6.20 Å². The molecule has 3 saturated heterocycles. The minimum atomic E-state index is -0.462. The first-order valence-electron chi connectivity index (χ1n) is 12.6. The van der Waals surface area contributed by atoms with Crippen LogP contribution in [-0.2, 0) is 14.3 Å². The van der Waals surface area contributed by atoms with E-state index in [9.17, 15) is 9.90 Å². The number of hydrogen-bond acceptors (Lipinski definition) is 7. The number of pyridine rings is 1. The van der Waals surface area contributed by atoms with Gasteiger partial charge >= 0.3 is 0 Å². The Hall–Kier alpha value is -1.97. The fraction of sp³-hybridized carbons (Fsp3) is 0.615. The van der Waals surface area contributed by atoms with Gasteiger partial charge in [0.25, 0.3) is 0 Å². The van der Waals surface area contributed by atoms with Crippen molar-refractivity contribution >= 4 is 39.8 Å². The topological polar surface area (TPSA) is 87.2 Å². The van der Waals surface area contributed by atoms with Crippen LogP contribution in [0.5, 0.6) is 0 Å². The van der Waals surface area contributed by atoms with E-state index in [1.807, 2.05) is 12.1 Å². The summed E-state index contributed by atoms with van der Waals surface area (Å²) >= 11 is 6.68. The zero-order valence-electron chi connectivity index (χ0n) is 20.1. The van der Waals surface area contributed by atoms with Crippen LogP contribution in [0.1, 0.15) is 26.2 Å². The van der Waals surface area contributed by atoms with Crippen LogP contribution < -0.4 is 10.2 Å². The van der Waals surface area contributed by atoms with Crippen LogP contribution in [0.2, 0.25) is 5.02 Å². The van der Waals surface area contributed by atoms with Crippen molar-refractivity contribution in [1.82, 2.24) is 9.88 Å². The van der Waals surface area contributed by atoms with Gasteiger partial charge in [0, 0.05) is 55.7 Å². The van der Waals surface area contributed by atoms with Gasteiger partial charge in [-0.05, 0) is 49.8 Å². The van der Waals surface area contributed by atoms with Crippen LogP contribution in [0.15, 0.2) is 24.4 Å². The molecule has 6 rings (SSSR count). The summed E-state index contributed by atoms with van der Waals surface area (Å²) in [5.41, 5.74) is 0.693. The fourth-order valence-corrected chi connectivity index (χ4v) is 6.41. The average Bonchev–Trinajstić information content (AvgIpc) is 3.44. The molecule has 0 radical (unpaired) electrons. The van der Waals surface area contributed by atoms with Gasteiger partial charge in [-0.15, -0.1) is 0 Å². The van der Waals surface area contributed by atoms with Crippen LogP contribution in [0.4, 0.5) is 11.5 Å². The van der Waals surface area contributed by atoms with Crippen molar-refractivity contribution in [3.8, 4) is 0 Å². The maximum Gasteiger partial charge on any atom is 0.229 e. The molecular weight excluding hydrogens is 468 g/mol. The fourth-order valence-electron chi connectivity index (χ4n) is 6.12. The Morgan fingerprint density at radius 1 is 1.17 bits per heavy atom. The van der Waals surface area contributed by atoms with Gasteiger partial charge in [-0.1, -0.05) is 11.6 Å². The van der Waals surface area contributed by atoms with Crippen molar-refractivity contribution in [3.05, 3.63) is 29.4 Å². The molecule has 2 aromatic rings. The van der Waals surface area contributed by atoms with Gasteiger partial charge in [-0.3, -0.25) is 9.69 Å². The number of piperazine rings is 1. The predicted molar refractivity (Wildman–Crippen MR) is 135 cm³/mol. The predicted octanol–water partition coefficient (Wildman–Crippen LogP) is 2.92. The molecule has 188 valence electrons. The summed E-state index contributed by atoms with van der Waals surface area (Å²) < 4.78 is 11.2. The van der Waals surface area contributed by atoms with Gasteiger partial charge < -0.3 is 24.8 Å². The van der Waals surface area contributed by atoms with Crippen LogP contribution in [0.25, 0.3) is 10.8 Å². The summed E-state index contributed by atoms with van der Waals surface area (Å²) in [5, 5.41) is 16.1. The highest BCUT2D eigenvalue weighted by atomic mass is 35.5. The van der Waals surface area contributed by atoms with Crippen molar-refractivity contribution in [1.29, 1.82) is 0 Å². The maximum absolute atomic E-state index is 12.9. The highest BCUT2D eigenvalue weighted by Gasteiger charge is 2.58. The molecule has 1 spiro atoms. The lowest BCUT2D eigenvalue weighted by atomic mass is 9.95. The molecule has 4 fully saturated rings. The average molecular weight is 501 g/mol. The standard InChI is InChI=1S/C26H33ClN4O4/c1-25(15-35-14-22(25)32)31-6-4-30(5-7-31)21-10-17-11-23(28-13-18(17)9-20(21)27)29-24(33)19-12-26(19)3-2-8-34-16-26/h9-11,13,19,22,32H,2-8,12,14-16H2,1H3,(H,28,29,33)/t19-,22+,25-,26-/m1/s1. The van der Waals surface area contributed by atoms with Crippen molar-refractivity contribution in [2.24, 2.45) is 11.3 Å². The third kappa shape index (κ3) is 4.19. The van der Waals surface area contributed by atoms with Crippen molar-refractivity contribution in [3.63, 3.8) is 0 Å². The number of carbonyl (C=O) groups excluding carboxylic acids is 1. The van der Waals surface area contributed by atoms with E-state index in [0.717, 1.165) is 68.5 Å². The van der Waals surface area contributed by atoms with Crippen molar-refractivity contribution in [2.75, 3.05) is 62.8 Å². The number of anilines is 2. The first-order chi connectivity index (χ1) is 16.9. The van der Waals surface area contributed by atoms with Crippen molar-refractivity contribution in [2.45, 2.75) is 37.8 Å². The number of hydrogen-bond donors (Lipinski definition) is 2. The number of benzene rings is 1. The van der Waals surface area contributed by atoms with E-state index in [0.29, 0.717) is 30.7 Å². The van der Waals surface area contributed by atoms with Crippen LogP contribution in [0, 0.1) is 11.3 Å². The van der Waals surface area contributed by atoms with E-state index in [1.165, 1.54) is 0 Å². The molecule has 1 aliphatic carbocycles. The number of nitrogens with one attached hydrogen (secondary N) is 1. The highest BCUT2D eigenvalue weighted by Crippen LogP contribution is 2.57. The zero-order valence-corrected chi connectivity index (χ0v) is 20.9. The number of nitrogens with zero attached hydrogens (tertiary/aromatic N) is 3. The molecule has 4 aliphatic rings. The summed E-state index contributed by atoms with van der Waals surface area (Å²) in [4.78, 5) is 22.0. The molecule has 3 aliphatic heterocycles. The summed E-state index contributed by atoms with van der Waals surface area (Å²) in [7, 11) is 0. The Morgan fingerprint density at radius 3 is 2.71 bits per heavy atom. The molecule has 4 atom stereocenters. The third-order valence-electron chi connectivity index (χ3n) is 8.63. The number of aliphatic hydroxyl groups excluding tert-OH is 1. The zero-order chi connectivity index (χ0) is 24.2. The molecule has 1 amide bonds. The van der Waals surface area contributed by atoms with Gasteiger partial charge in [0.2, 0.25) is 5.91 Å².